The van der Waals surface area contributed by atoms with Crippen LogP contribution in [0.25, 0.3) is 0 Å². The molecule has 5 nitrogen and oxygen atoms in total. The van der Waals surface area contributed by atoms with Crippen LogP contribution in [0.1, 0.15) is 47.9 Å². The van der Waals surface area contributed by atoms with Crippen LogP contribution in [0.5, 0.6) is 0 Å². The summed E-state index contributed by atoms with van der Waals surface area (Å²) in [7, 11) is -3.52. The molecule has 2 aromatic carbocycles. The van der Waals surface area contributed by atoms with E-state index < -0.39 is 10.0 Å². The molecule has 30 heavy (non-hydrogen) atoms. The zero-order valence-corrected chi connectivity index (χ0v) is 18.6. The molecule has 0 aromatic heterocycles. The van der Waals surface area contributed by atoms with E-state index in [9.17, 15) is 13.2 Å². The molecule has 160 valence electrons. The van der Waals surface area contributed by atoms with Gasteiger partial charge < -0.3 is 5.32 Å². The first-order valence-corrected chi connectivity index (χ1v) is 12.3. The van der Waals surface area contributed by atoms with E-state index in [0.29, 0.717) is 30.8 Å². The molecular formula is C24H30N2O3S. The van der Waals surface area contributed by atoms with Crippen molar-refractivity contribution in [2.45, 2.75) is 57.3 Å². The van der Waals surface area contributed by atoms with Crippen molar-refractivity contribution in [3.63, 3.8) is 0 Å². The maximum Gasteiger partial charge on any atom is 0.243 e. The molecule has 0 saturated carbocycles. The first kappa shape index (κ1) is 21.1. The summed E-state index contributed by atoms with van der Waals surface area (Å²) >= 11 is 0. The van der Waals surface area contributed by atoms with E-state index in [0.717, 1.165) is 36.1 Å². The number of sulfonamides is 1. The molecule has 0 bridgehead atoms. The van der Waals surface area contributed by atoms with E-state index in [1.54, 1.807) is 12.1 Å². The summed E-state index contributed by atoms with van der Waals surface area (Å²) in [5, 5.41) is 3.13. The van der Waals surface area contributed by atoms with E-state index in [2.05, 4.69) is 11.4 Å². The zero-order chi connectivity index (χ0) is 21.3. The fourth-order valence-electron chi connectivity index (χ4n) is 4.52. The lowest BCUT2D eigenvalue weighted by atomic mass is 9.90. The molecule has 1 heterocycles. The number of benzene rings is 2. The number of hydrogen-bond donors (Lipinski definition) is 1. The molecule has 6 heteroatoms. The van der Waals surface area contributed by atoms with Gasteiger partial charge in [0.2, 0.25) is 15.9 Å². The Morgan fingerprint density at radius 1 is 1.00 bits per heavy atom. The van der Waals surface area contributed by atoms with Crippen molar-refractivity contribution in [2.75, 3.05) is 18.4 Å². The van der Waals surface area contributed by atoms with Crippen molar-refractivity contribution in [2.24, 2.45) is 5.92 Å². The van der Waals surface area contributed by atoms with Crippen LogP contribution >= 0.6 is 0 Å². The lowest BCUT2D eigenvalue weighted by molar-refractivity contribution is -0.120. The van der Waals surface area contributed by atoms with E-state index >= 15 is 0 Å². The van der Waals surface area contributed by atoms with Gasteiger partial charge in [0.1, 0.15) is 0 Å². The van der Waals surface area contributed by atoms with Gasteiger partial charge in [0.25, 0.3) is 0 Å². The maximum absolute atomic E-state index is 13.0. The second-order valence-electron chi connectivity index (χ2n) is 8.56. The molecule has 1 saturated heterocycles. The number of anilines is 1. The molecule has 2 aliphatic rings. The number of aryl methyl sites for hydroxylation is 3. The Kier molecular flexibility index (Phi) is 5.98. The second-order valence-corrected chi connectivity index (χ2v) is 10.5. The van der Waals surface area contributed by atoms with Crippen LogP contribution in [0, 0.1) is 19.8 Å². The minimum atomic E-state index is -3.52. The van der Waals surface area contributed by atoms with E-state index in [4.69, 9.17) is 0 Å². The fourth-order valence-corrected chi connectivity index (χ4v) is 6.07. The minimum absolute atomic E-state index is 0.0113. The van der Waals surface area contributed by atoms with Gasteiger partial charge in [-0.15, -0.1) is 0 Å². The molecule has 0 radical (unpaired) electrons. The molecule has 0 spiro atoms. The average Bonchev–Trinajstić information content (AvgIpc) is 2.76. The summed E-state index contributed by atoms with van der Waals surface area (Å²) in [5.41, 5.74) is 5.59. The summed E-state index contributed by atoms with van der Waals surface area (Å²) in [6.45, 7) is 4.65. The fraction of sp³-hybridized carbons (Fsp3) is 0.458. The third-order valence-electron chi connectivity index (χ3n) is 6.59. The Labute approximate surface area is 179 Å². The standard InChI is InChI=1S/C24H30N2O3S/c1-17-10-11-21(16-18(17)2)30(28,29)26-14-12-20(13-15-26)24(27)25-23-9-5-7-19-6-3-4-8-22(19)23/h5,7,9-11,16,20H,3-4,6,8,12-15H2,1-2H3,(H,25,27). The van der Waals surface area contributed by atoms with Crippen molar-refractivity contribution in [3.8, 4) is 0 Å². The van der Waals surface area contributed by atoms with Crippen LogP contribution < -0.4 is 5.32 Å². The van der Waals surface area contributed by atoms with Crippen LogP contribution in [0.2, 0.25) is 0 Å². The number of amides is 1. The maximum atomic E-state index is 13.0. The van der Waals surface area contributed by atoms with Crippen LogP contribution in [0.3, 0.4) is 0 Å². The summed E-state index contributed by atoms with van der Waals surface area (Å²) < 4.78 is 27.5. The van der Waals surface area contributed by atoms with Gasteiger partial charge in [-0.25, -0.2) is 8.42 Å². The van der Waals surface area contributed by atoms with Gasteiger partial charge in [0.15, 0.2) is 0 Å². The first-order valence-electron chi connectivity index (χ1n) is 10.9. The van der Waals surface area contributed by atoms with Gasteiger partial charge in [-0.05, 0) is 92.8 Å². The summed E-state index contributed by atoms with van der Waals surface area (Å²) in [4.78, 5) is 13.2. The molecule has 1 aliphatic carbocycles. The molecule has 1 aliphatic heterocycles. The van der Waals surface area contributed by atoms with Crippen LogP contribution in [-0.2, 0) is 27.7 Å². The summed E-state index contributed by atoms with van der Waals surface area (Å²) in [5.74, 6) is -0.146. The van der Waals surface area contributed by atoms with Gasteiger partial charge >= 0.3 is 0 Å². The van der Waals surface area contributed by atoms with Gasteiger partial charge in [-0.3, -0.25) is 4.79 Å². The van der Waals surface area contributed by atoms with E-state index in [1.165, 1.54) is 21.9 Å². The van der Waals surface area contributed by atoms with E-state index in [1.807, 2.05) is 32.0 Å². The number of carbonyl (C=O) groups excluding carboxylic acids is 1. The van der Waals surface area contributed by atoms with Crippen LogP contribution in [-0.4, -0.2) is 31.7 Å². The highest BCUT2D eigenvalue weighted by Crippen LogP contribution is 2.30. The third kappa shape index (κ3) is 4.16. The number of hydrogen-bond acceptors (Lipinski definition) is 3. The number of nitrogens with one attached hydrogen (secondary N) is 1. The van der Waals surface area contributed by atoms with Crippen molar-refractivity contribution in [1.82, 2.24) is 4.31 Å². The lowest BCUT2D eigenvalue weighted by Gasteiger charge is -2.31. The van der Waals surface area contributed by atoms with Crippen molar-refractivity contribution < 1.29 is 13.2 Å². The second kappa shape index (κ2) is 8.52. The number of carbonyl (C=O) groups is 1. The number of rotatable bonds is 4. The SMILES string of the molecule is Cc1ccc(S(=O)(=O)N2CCC(C(=O)Nc3cccc4c3CCCC4)CC2)cc1C. The third-order valence-corrected chi connectivity index (χ3v) is 8.49. The number of fused-ring (bicyclic) bond motifs is 1. The molecule has 0 unspecified atom stereocenters. The number of nitrogens with zero attached hydrogens (tertiary/aromatic N) is 1. The minimum Gasteiger partial charge on any atom is -0.326 e. The Balaban J connectivity index is 1.41. The lowest BCUT2D eigenvalue weighted by Crippen LogP contribution is -2.41. The molecule has 0 atom stereocenters. The van der Waals surface area contributed by atoms with Crippen molar-refractivity contribution >= 4 is 21.6 Å². The highest BCUT2D eigenvalue weighted by Gasteiger charge is 2.32. The summed E-state index contributed by atoms with van der Waals surface area (Å²) in [6.07, 6.45) is 5.55. The molecule has 2 aromatic rings. The molecule has 1 N–H and O–H groups in total. The van der Waals surface area contributed by atoms with Gasteiger partial charge in [0, 0.05) is 24.7 Å². The highest BCUT2D eigenvalue weighted by atomic mass is 32.2. The smallest absolute Gasteiger partial charge is 0.243 e. The Hall–Kier alpha value is -2.18. The van der Waals surface area contributed by atoms with Crippen LogP contribution in [0.4, 0.5) is 5.69 Å². The van der Waals surface area contributed by atoms with Crippen LogP contribution in [0.15, 0.2) is 41.3 Å². The quantitative estimate of drug-likeness (QED) is 0.796. The largest absolute Gasteiger partial charge is 0.326 e. The topological polar surface area (TPSA) is 66.5 Å². The van der Waals surface area contributed by atoms with Gasteiger partial charge in [0.05, 0.1) is 4.90 Å². The predicted octanol–water partition coefficient (Wildman–Crippen LogP) is 4.22. The predicted molar refractivity (Wildman–Crippen MR) is 119 cm³/mol. The molecule has 1 amide bonds. The highest BCUT2D eigenvalue weighted by molar-refractivity contribution is 7.89. The van der Waals surface area contributed by atoms with Crippen molar-refractivity contribution in [3.05, 3.63) is 58.7 Å². The Morgan fingerprint density at radius 3 is 2.47 bits per heavy atom. The molecule has 1 fully saturated rings. The zero-order valence-electron chi connectivity index (χ0n) is 17.8. The molecular weight excluding hydrogens is 396 g/mol. The van der Waals surface area contributed by atoms with Gasteiger partial charge in [-0.2, -0.15) is 4.31 Å². The van der Waals surface area contributed by atoms with E-state index in [-0.39, 0.29) is 11.8 Å². The Morgan fingerprint density at radius 2 is 1.73 bits per heavy atom. The normalized spacial score (nSPS) is 18.1. The monoisotopic (exact) mass is 426 g/mol. The summed E-state index contributed by atoms with van der Waals surface area (Å²) in [6, 6.07) is 11.4. The first-order chi connectivity index (χ1) is 14.4. The van der Waals surface area contributed by atoms with Gasteiger partial charge in [-0.1, -0.05) is 18.2 Å². The van der Waals surface area contributed by atoms with Crippen molar-refractivity contribution in [1.29, 1.82) is 0 Å². The Bertz CT molecular complexity index is 1050. The number of piperidine rings is 1. The molecule has 4 rings (SSSR count). The average molecular weight is 427 g/mol.